The molecule has 1 aliphatic rings. The minimum Gasteiger partial charge on any atom is -0.427 e. The zero-order valence-corrected chi connectivity index (χ0v) is 8.72. The molecule has 0 amide bonds. The molecule has 2 heterocycles. The van der Waals surface area contributed by atoms with E-state index in [1.807, 2.05) is 0 Å². The first-order chi connectivity index (χ1) is 7.31. The van der Waals surface area contributed by atoms with Crippen molar-refractivity contribution in [2.45, 2.75) is 25.3 Å². The number of piperidine rings is 1. The first-order valence-electron chi connectivity index (χ1n) is 5.38. The van der Waals surface area contributed by atoms with Crippen LogP contribution in [0.3, 0.4) is 0 Å². The minimum atomic E-state index is -0.462. The number of nitrogens with two attached hydrogens (primary N) is 1. The van der Waals surface area contributed by atoms with Crippen LogP contribution in [0.4, 0.5) is 6.01 Å². The van der Waals surface area contributed by atoms with Crippen LogP contribution < -0.4 is 10.6 Å². The maximum atomic E-state index is 8.88. The molecule has 0 spiro atoms. The van der Waals surface area contributed by atoms with Gasteiger partial charge in [-0.3, -0.25) is 0 Å². The molecule has 2 rings (SSSR count). The summed E-state index contributed by atoms with van der Waals surface area (Å²) in [6.45, 7) is 1.87. The van der Waals surface area contributed by atoms with Gasteiger partial charge in [-0.15, -0.1) is 0 Å². The van der Waals surface area contributed by atoms with Crippen molar-refractivity contribution in [2.75, 3.05) is 24.6 Å². The topological polar surface area (TPSA) is 75.5 Å². The third-order valence-electron chi connectivity index (χ3n) is 2.70. The Labute approximate surface area is 88.9 Å². The molecule has 1 aromatic heterocycles. The zero-order chi connectivity index (χ0) is 10.7. The van der Waals surface area contributed by atoms with Gasteiger partial charge in [0.25, 0.3) is 6.01 Å². The fourth-order valence-electron chi connectivity index (χ4n) is 1.77. The Balaban J connectivity index is 2.05. The molecule has 1 unspecified atom stereocenters. The van der Waals surface area contributed by atoms with Crippen LogP contribution in [0.15, 0.2) is 10.6 Å². The van der Waals surface area contributed by atoms with E-state index >= 15 is 0 Å². The molecule has 0 radical (unpaired) electrons. The summed E-state index contributed by atoms with van der Waals surface area (Å²) in [4.78, 5) is 6.30. The van der Waals surface area contributed by atoms with Gasteiger partial charge >= 0.3 is 0 Å². The molecule has 0 aliphatic carbocycles. The second-order valence-corrected chi connectivity index (χ2v) is 3.88. The minimum absolute atomic E-state index is 0.116. The molecule has 5 heteroatoms. The quantitative estimate of drug-likeness (QED) is 0.768. The number of aromatic nitrogens is 1. The van der Waals surface area contributed by atoms with Crippen LogP contribution in [-0.2, 0) is 0 Å². The normalized spacial score (nSPS) is 19.2. The summed E-state index contributed by atoms with van der Waals surface area (Å²) in [5, 5.41) is 8.88. The van der Waals surface area contributed by atoms with Gasteiger partial charge in [0.05, 0.1) is 18.8 Å². The van der Waals surface area contributed by atoms with Crippen LogP contribution >= 0.6 is 0 Å². The average molecular weight is 211 g/mol. The number of hydrogen-bond acceptors (Lipinski definition) is 5. The highest BCUT2D eigenvalue weighted by Gasteiger charge is 2.17. The van der Waals surface area contributed by atoms with Crippen LogP contribution in [0.25, 0.3) is 0 Å². The van der Waals surface area contributed by atoms with E-state index in [1.54, 1.807) is 6.20 Å². The Morgan fingerprint density at radius 3 is 2.87 bits per heavy atom. The summed E-state index contributed by atoms with van der Waals surface area (Å²) in [6.07, 6.45) is 5.25. The van der Waals surface area contributed by atoms with Gasteiger partial charge in [-0.1, -0.05) is 0 Å². The van der Waals surface area contributed by atoms with E-state index in [9.17, 15) is 0 Å². The van der Waals surface area contributed by atoms with Crippen LogP contribution in [0.1, 0.15) is 31.1 Å². The third kappa shape index (κ3) is 2.30. The predicted octanol–water partition coefficient (Wildman–Crippen LogP) is 0.657. The van der Waals surface area contributed by atoms with Crippen molar-refractivity contribution < 1.29 is 9.52 Å². The van der Waals surface area contributed by atoms with Gasteiger partial charge in [0, 0.05) is 13.1 Å². The SMILES string of the molecule is NC(CO)c1cnc(N2CCCCC2)o1. The summed E-state index contributed by atoms with van der Waals surface area (Å²) >= 11 is 0. The van der Waals surface area contributed by atoms with Gasteiger partial charge in [-0.2, -0.15) is 0 Å². The van der Waals surface area contributed by atoms with Gasteiger partial charge < -0.3 is 20.2 Å². The number of oxazole rings is 1. The lowest BCUT2D eigenvalue weighted by Gasteiger charge is -2.24. The number of nitrogens with zero attached hydrogens (tertiary/aromatic N) is 2. The molecule has 0 saturated carbocycles. The average Bonchev–Trinajstić information content (AvgIpc) is 2.78. The molecule has 3 N–H and O–H groups in total. The van der Waals surface area contributed by atoms with Crippen LogP contribution in [0, 0.1) is 0 Å². The van der Waals surface area contributed by atoms with Gasteiger partial charge in [0.15, 0.2) is 0 Å². The first kappa shape index (κ1) is 10.4. The van der Waals surface area contributed by atoms with Crippen molar-refractivity contribution in [1.82, 2.24) is 4.98 Å². The van der Waals surface area contributed by atoms with Gasteiger partial charge in [0.1, 0.15) is 5.76 Å². The summed E-state index contributed by atoms with van der Waals surface area (Å²) < 4.78 is 5.51. The Hall–Kier alpha value is -1.07. The molecule has 1 saturated heterocycles. The number of aliphatic hydroxyl groups excluding tert-OH is 1. The van der Waals surface area contributed by atoms with Crippen LogP contribution in [0.5, 0.6) is 0 Å². The maximum Gasteiger partial charge on any atom is 0.297 e. The largest absolute Gasteiger partial charge is 0.427 e. The van der Waals surface area contributed by atoms with Crippen molar-refractivity contribution in [2.24, 2.45) is 5.73 Å². The predicted molar refractivity (Wildman–Crippen MR) is 56.6 cm³/mol. The fourth-order valence-corrected chi connectivity index (χ4v) is 1.77. The Morgan fingerprint density at radius 1 is 1.47 bits per heavy atom. The van der Waals surface area contributed by atoms with Crippen molar-refractivity contribution in [3.8, 4) is 0 Å². The maximum absolute atomic E-state index is 8.88. The molecule has 5 nitrogen and oxygen atoms in total. The van der Waals surface area contributed by atoms with E-state index in [1.165, 1.54) is 19.3 Å². The van der Waals surface area contributed by atoms with Gasteiger partial charge in [-0.25, -0.2) is 4.98 Å². The molecule has 84 valence electrons. The van der Waals surface area contributed by atoms with E-state index < -0.39 is 6.04 Å². The summed E-state index contributed by atoms with van der Waals surface area (Å²) in [6, 6.07) is 0.171. The lowest BCUT2D eigenvalue weighted by molar-refractivity contribution is 0.252. The lowest BCUT2D eigenvalue weighted by Crippen LogP contribution is -2.29. The monoisotopic (exact) mass is 211 g/mol. The summed E-state index contributed by atoms with van der Waals surface area (Å²) in [7, 11) is 0. The highest BCUT2D eigenvalue weighted by atomic mass is 16.4. The molecule has 1 atom stereocenters. The number of rotatable bonds is 3. The van der Waals surface area contributed by atoms with E-state index in [0.29, 0.717) is 11.8 Å². The van der Waals surface area contributed by atoms with Crippen molar-refractivity contribution in [3.63, 3.8) is 0 Å². The second kappa shape index (κ2) is 4.63. The Morgan fingerprint density at radius 2 is 2.20 bits per heavy atom. The number of aliphatic hydroxyl groups is 1. The van der Waals surface area contributed by atoms with Crippen LogP contribution in [0.2, 0.25) is 0 Å². The standard InChI is InChI=1S/C10H17N3O2/c11-8(7-14)9-6-12-10(15-9)13-4-2-1-3-5-13/h6,8,14H,1-5,7,11H2. The van der Waals surface area contributed by atoms with Crippen molar-refractivity contribution in [1.29, 1.82) is 0 Å². The molecular weight excluding hydrogens is 194 g/mol. The number of anilines is 1. The van der Waals surface area contributed by atoms with E-state index in [2.05, 4.69) is 9.88 Å². The van der Waals surface area contributed by atoms with E-state index in [4.69, 9.17) is 15.3 Å². The number of hydrogen-bond donors (Lipinski definition) is 2. The molecular formula is C10H17N3O2. The molecule has 0 bridgehead atoms. The summed E-state index contributed by atoms with van der Waals surface area (Å²) in [5.41, 5.74) is 5.63. The zero-order valence-electron chi connectivity index (χ0n) is 8.72. The smallest absolute Gasteiger partial charge is 0.297 e. The molecule has 1 fully saturated rings. The summed E-state index contributed by atoms with van der Waals surface area (Å²) in [5.74, 6) is 0.554. The molecule has 15 heavy (non-hydrogen) atoms. The molecule has 1 aromatic rings. The fraction of sp³-hybridized carbons (Fsp3) is 0.700. The highest BCUT2D eigenvalue weighted by molar-refractivity contribution is 5.27. The second-order valence-electron chi connectivity index (χ2n) is 3.88. The van der Waals surface area contributed by atoms with Gasteiger partial charge in [-0.05, 0) is 19.3 Å². The van der Waals surface area contributed by atoms with Crippen molar-refractivity contribution >= 4 is 6.01 Å². The van der Waals surface area contributed by atoms with E-state index in [0.717, 1.165) is 13.1 Å². The third-order valence-corrected chi connectivity index (χ3v) is 2.70. The first-order valence-corrected chi connectivity index (χ1v) is 5.38. The van der Waals surface area contributed by atoms with E-state index in [-0.39, 0.29) is 6.61 Å². The van der Waals surface area contributed by atoms with Gasteiger partial charge in [0.2, 0.25) is 0 Å². The van der Waals surface area contributed by atoms with Crippen LogP contribution in [-0.4, -0.2) is 29.8 Å². The van der Waals surface area contributed by atoms with Crippen molar-refractivity contribution in [3.05, 3.63) is 12.0 Å². The lowest BCUT2D eigenvalue weighted by atomic mass is 10.1. The highest BCUT2D eigenvalue weighted by Crippen LogP contribution is 2.21. The molecule has 1 aliphatic heterocycles. The molecule has 0 aromatic carbocycles. The Bertz CT molecular complexity index is 307. The Kier molecular flexibility index (Phi) is 3.23.